The highest BCUT2D eigenvalue weighted by Gasteiger charge is 2.44. The third-order valence-corrected chi connectivity index (χ3v) is 5.19. The third kappa shape index (κ3) is 3.36. The lowest BCUT2D eigenvalue weighted by Gasteiger charge is -2.40. The fourth-order valence-electron chi connectivity index (χ4n) is 3.78. The van der Waals surface area contributed by atoms with Crippen LogP contribution in [0.4, 0.5) is 0 Å². The Morgan fingerprint density at radius 2 is 2.04 bits per heavy atom. The number of amides is 1. The number of carboxylic acid groups (broad SMARTS) is 1. The second kappa shape index (κ2) is 7.32. The van der Waals surface area contributed by atoms with Gasteiger partial charge in [-0.25, -0.2) is 0 Å². The van der Waals surface area contributed by atoms with Gasteiger partial charge in [0.2, 0.25) is 0 Å². The van der Waals surface area contributed by atoms with Crippen molar-refractivity contribution >= 4 is 11.9 Å². The number of benzene rings is 1. The van der Waals surface area contributed by atoms with Crippen molar-refractivity contribution in [1.82, 2.24) is 10.1 Å². The van der Waals surface area contributed by atoms with Gasteiger partial charge in [-0.15, -0.1) is 0 Å². The van der Waals surface area contributed by atoms with E-state index in [1.165, 1.54) is 0 Å². The molecule has 1 N–H and O–H groups in total. The number of carboxylic acids is 1. The minimum atomic E-state index is -0.966. The molecule has 1 unspecified atom stereocenters. The maximum atomic E-state index is 13.1. The lowest BCUT2D eigenvalue weighted by Crippen LogP contribution is -2.51. The van der Waals surface area contributed by atoms with Crippen molar-refractivity contribution in [3.8, 4) is 0 Å². The summed E-state index contributed by atoms with van der Waals surface area (Å²) < 4.78 is 5.18. The van der Waals surface area contributed by atoms with E-state index in [9.17, 15) is 14.7 Å². The van der Waals surface area contributed by atoms with Crippen LogP contribution in [0.1, 0.15) is 47.1 Å². The molecule has 0 radical (unpaired) electrons. The van der Waals surface area contributed by atoms with Crippen LogP contribution in [0.3, 0.4) is 0 Å². The Kier molecular flexibility index (Phi) is 5.11. The molecule has 2 heterocycles. The van der Waals surface area contributed by atoms with Crippen LogP contribution in [-0.2, 0) is 17.6 Å². The standard InChI is InChI=1S/C20H24N2O4/c1-3-16-17(14(2)26-21-16)18(23)22-11-7-10-20(13-22,19(24)25)12-15-8-5-4-6-9-15/h4-6,8-9H,3,7,10-13H2,1-2H3,(H,24,25). The molecule has 6 nitrogen and oxygen atoms in total. The summed E-state index contributed by atoms with van der Waals surface area (Å²) in [5.74, 6) is -0.544. The predicted molar refractivity (Wildman–Crippen MR) is 96.0 cm³/mol. The van der Waals surface area contributed by atoms with Gasteiger partial charge >= 0.3 is 5.97 Å². The second-order valence-corrected chi connectivity index (χ2v) is 6.99. The maximum absolute atomic E-state index is 13.1. The Labute approximate surface area is 152 Å². The fraction of sp³-hybridized carbons (Fsp3) is 0.450. The summed E-state index contributed by atoms with van der Waals surface area (Å²) in [6.07, 6.45) is 2.23. The number of likely N-dealkylation sites (tertiary alicyclic amines) is 1. The highest BCUT2D eigenvalue weighted by Crippen LogP contribution is 2.35. The molecule has 1 aromatic heterocycles. The Morgan fingerprint density at radius 1 is 1.31 bits per heavy atom. The number of rotatable bonds is 5. The number of aromatic nitrogens is 1. The first-order chi connectivity index (χ1) is 12.5. The van der Waals surface area contributed by atoms with Crippen molar-refractivity contribution in [2.45, 2.75) is 39.5 Å². The molecule has 0 bridgehead atoms. The zero-order valence-corrected chi connectivity index (χ0v) is 15.2. The van der Waals surface area contributed by atoms with Gasteiger partial charge in [0.25, 0.3) is 5.91 Å². The normalized spacial score (nSPS) is 20.2. The summed E-state index contributed by atoms with van der Waals surface area (Å²) >= 11 is 0. The summed E-state index contributed by atoms with van der Waals surface area (Å²) in [4.78, 5) is 26.9. The van der Waals surface area contributed by atoms with Crippen molar-refractivity contribution in [2.24, 2.45) is 5.41 Å². The van der Waals surface area contributed by atoms with E-state index in [2.05, 4.69) is 5.16 Å². The van der Waals surface area contributed by atoms with E-state index in [0.29, 0.717) is 49.2 Å². The molecule has 1 atom stereocenters. The van der Waals surface area contributed by atoms with Crippen LogP contribution < -0.4 is 0 Å². The Hall–Kier alpha value is -2.63. The minimum Gasteiger partial charge on any atom is -0.481 e. The third-order valence-electron chi connectivity index (χ3n) is 5.19. The van der Waals surface area contributed by atoms with Crippen molar-refractivity contribution in [2.75, 3.05) is 13.1 Å². The number of carbonyl (C=O) groups is 2. The molecule has 3 rings (SSSR count). The number of aryl methyl sites for hydroxylation is 2. The topological polar surface area (TPSA) is 83.6 Å². The van der Waals surface area contributed by atoms with E-state index >= 15 is 0 Å². The Morgan fingerprint density at radius 3 is 2.69 bits per heavy atom. The minimum absolute atomic E-state index is 0.181. The van der Waals surface area contributed by atoms with Crippen LogP contribution in [0.15, 0.2) is 34.9 Å². The number of nitrogens with zero attached hydrogens (tertiary/aromatic N) is 2. The lowest BCUT2D eigenvalue weighted by atomic mass is 9.75. The summed E-state index contributed by atoms with van der Waals surface area (Å²) in [6.45, 7) is 4.39. The summed E-state index contributed by atoms with van der Waals surface area (Å²) in [5, 5.41) is 13.9. The number of hydrogen-bond donors (Lipinski definition) is 1. The van der Waals surface area contributed by atoms with E-state index in [-0.39, 0.29) is 12.5 Å². The second-order valence-electron chi connectivity index (χ2n) is 6.99. The summed E-state index contributed by atoms with van der Waals surface area (Å²) in [6, 6.07) is 9.60. The van der Waals surface area contributed by atoms with Crippen molar-refractivity contribution in [1.29, 1.82) is 0 Å². The van der Waals surface area contributed by atoms with Gasteiger partial charge < -0.3 is 14.5 Å². The van der Waals surface area contributed by atoms with E-state index in [1.807, 2.05) is 37.3 Å². The molecular weight excluding hydrogens is 332 g/mol. The molecule has 2 aromatic rings. The molecule has 1 fully saturated rings. The van der Waals surface area contributed by atoms with Gasteiger partial charge in [0.05, 0.1) is 11.1 Å². The van der Waals surface area contributed by atoms with Crippen LogP contribution in [0.5, 0.6) is 0 Å². The van der Waals surface area contributed by atoms with Crippen LogP contribution in [-0.4, -0.2) is 40.1 Å². The van der Waals surface area contributed by atoms with E-state index < -0.39 is 11.4 Å². The molecule has 1 aliphatic heterocycles. The van der Waals surface area contributed by atoms with Crippen molar-refractivity contribution < 1.29 is 19.2 Å². The monoisotopic (exact) mass is 356 g/mol. The molecular formula is C20H24N2O4. The number of aliphatic carboxylic acids is 1. The quantitative estimate of drug-likeness (QED) is 0.890. The van der Waals surface area contributed by atoms with Gasteiger partial charge in [0.15, 0.2) is 0 Å². The van der Waals surface area contributed by atoms with Gasteiger partial charge in [-0.05, 0) is 38.2 Å². The zero-order chi connectivity index (χ0) is 18.7. The molecule has 0 aliphatic carbocycles. The molecule has 1 aromatic carbocycles. The molecule has 0 saturated carbocycles. The van der Waals surface area contributed by atoms with Crippen LogP contribution >= 0.6 is 0 Å². The zero-order valence-electron chi connectivity index (χ0n) is 15.2. The Bertz CT molecular complexity index is 799. The lowest BCUT2D eigenvalue weighted by molar-refractivity contribution is -0.151. The number of piperidine rings is 1. The highest BCUT2D eigenvalue weighted by atomic mass is 16.5. The molecule has 138 valence electrons. The van der Waals surface area contributed by atoms with E-state index in [4.69, 9.17) is 4.52 Å². The maximum Gasteiger partial charge on any atom is 0.311 e. The first-order valence-corrected chi connectivity index (χ1v) is 8.98. The molecule has 1 aliphatic rings. The average molecular weight is 356 g/mol. The summed E-state index contributed by atoms with van der Waals surface area (Å²) in [5.41, 5.74) is 1.11. The fourth-order valence-corrected chi connectivity index (χ4v) is 3.78. The van der Waals surface area contributed by atoms with Crippen LogP contribution in [0.2, 0.25) is 0 Å². The number of carbonyl (C=O) groups excluding carboxylic acids is 1. The first-order valence-electron chi connectivity index (χ1n) is 8.98. The van der Waals surface area contributed by atoms with E-state index in [1.54, 1.807) is 11.8 Å². The number of hydrogen-bond acceptors (Lipinski definition) is 4. The molecule has 1 saturated heterocycles. The molecule has 26 heavy (non-hydrogen) atoms. The summed E-state index contributed by atoms with van der Waals surface area (Å²) in [7, 11) is 0. The van der Waals surface area contributed by atoms with Gasteiger partial charge in [-0.1, -0.05) is 42.4 Å². The largest absolute Gasteiger partial charge is 0.481 e. The van der Waals surface area contributed by atoms with Gasteiger partial charge in [0, 0.05) is 13.1 Å². The van der Waals surface area contributed by atoms with Crippen molar-refractivity contribution in [3.05, 3.63) is 52.9 Å². The predicted octanol–water partition coefficient (Wildman–Crippen LogP) is 3.10. The first kappa shape index (κ1) is 18.2. The van der Waals surface area contributed by atoms with Gasteiger partial charge in [0.1, 0.15) is 11.3 Å². The SMILES string of the molecule is CCc1noc(C)c1C(=O)N1CCCC(Cc2ccccc2)(C(=O)O)C1. The molecule has 1 amide bonds. The Balaban J connectivity index is 1.87. The van der Waals surface area contributed by atoms with Crippen molar-refractivity contribution in [3.63, 3.8) is 0 Å². The highest BCUT2D eigenvalue weighted by molar-refractivity contribution is 5.96. The van der Waals surface area contributed by atoms with Gasteiger partial charge in [-0.2, -0.15) is 0 Å². The average Bonchev–Trinajstić information content (AvgIpc) is 3.02. The van der Waals surface area contributed by atoms with E-state index in [0.717, 1.165) is 5.56 Å². The molecule has 0 spiro atoms. The van der Waals surface area contributed by atoms with Gasteiger partial charge in [-0.3, -0.25) is 9.59 Å². The molecule has 6 heteroatoms. The van der Waals surface area contributed by atoms with Crippen LogP contribution in [0, 0.1) is 12.3 Å². The van der Waals surface area contributed by atoms with Crippen LogP contribution in [0.25, 0.3) is 0 Å². The smallest absolute Gasteiger partial charge is 0.311 e.